The maximum Gasteiger partial charge on any atom is 0.447 e. The highest BCUT2D eigenvalue weighted by Gasteiger charge is 2.30. The lowest BCUT2D eigenvalue weighted by molar-refractivity contribution is -0.0329. The van der Waals surface area contributed by atoms with Crippen LogP contribution in [0, 0.1) is 0 Å². The van der Waals surface area contributed by atoms with Crippen molar-refractivity contribution < 1.29 is 13.2 Å². The Morgan fingerprint density at radius 1 is 1.27 bits per heavy atom. The summed E-state index contributed by atoms with van der Waals surface area (Å²) in [6.07, 6.45) is 3.73. The Balaban J connectivity index is 2.48. The molecule has 2 rings (SSSR count). The smallest absolute Gasteiger partial charge is 0.290 e. The number of rotatable bonds is 1. The van der Waals surface area contributed by atoms with Gasteiger partial charge in [0.15, 0.2) is 5.65 Å². The number of halogens is 4. The minimum atomic E-state index is -4.34. The molecule has 0 aromatic carbocycles. The average Bonchev–Trinajstić information content (AvgIpc) is 2.46. The Morgan fingerprint density at radius 3 is 2.67 bits per heavy atom. The van der Waals surface area contributed by atoms with E-state index < -0.39 is 5.51 Å². The van der Waals surface area contributed by atoms with Gasteiger partial charge in [0.25, 0.3) is 0 Å². The van der Waals surface area contributed by atoms with Gasteiger partial charge in [-0.3, -0.25) is 4.40 Å². The summed E-state index contributed by atoms with van der Waals surface area (Å²) in [5, 5.41) is 0.0753. The lowest BCUT2D eigenvalue weighted by Gasteiger charge is -2.04. The van der Waals surface area contributed by atoms with Gasteiger partial charge in [-0.15, -0.1) is 0 Å². The Bertz CT molecular complexity index is 496. The molecule has 0 saturated heterocycles. The Hall–Kier alpha value is -0.950. The van der Waals surface area contributed by atoms with Gasteiger partial charge in [-0.2, -0.15) is 13.2 Å². The fraction of sp³-hybridized carbons (Fsp3) is 0.143. The Labute approximate surface area is 91.3 Å². The van der Waals surface area contributed by atoms with Crippen molar-refractivity contribution in [3.05, 3.63) is 23.7 Å². The van der Waals surface area contributed by atoms with Gasteiger partial charge >= 0.3 is 5.51 Å². The van der Waals surface area contributed by atoms with Crippen LogP contribution in [0.5, 0.6) is 0 Å². The Morgan fingerprint density at radius 2 is 2.00 bits per heavy atom. The minimum absolute atomic E-state index is 0.0400. The third-order valence-corrected chi connectivity index (χ3v) is 2.49. The van der Waals surface area contributed by atoms with Crippen molar-refractivity contribution in [2.24, 2.45) is 0 Å². The van der Waals surface area contributed by atoms with Gasteiger partial charge in [0, 0.05) is 18.0 Å². The molecule has 0 spiro atoms. The van der Waals surface area contributed by atoms with E-state index in [1.165, 1.54) is 16.8 Å². The molecule has 0 fully saturated rings. The lowest BCUT2D eigenvalue weighted by atomic mass is 10.7. The normalized spacial score (nSPS) is 12.3. The molecule has 0 bridgehead atoms. The van der Waals surface area contributed by atoms with Crippen molar-refractivity contribution in [2.45, 2.75) is 10.5 Å². The highest BCUT2D eigenvalue weighted by Crippen LogP contribution is 2.36. The van der Waals surface area contributed by atoms with Gasteiger partial charge in [0.2, 0.25) is 0 Å². The first kappa shape index (κ1) is 10.6. The van der Waals surface area contributed by atoms with Crippen molar-refractivity contribution in [2.75, 3.05) is 0 Å². The predicted octanol–water partition coefficient (Wildman–Crippen LogP) is 2.99. The van der Waals surface area contributed by atoms with Gasteiger partial charge in [0.05, 0.1) is 12.4 Å². The average molecular weight is 254 g/mol. The van der Waals surface area contributed by atoms with Crippen molar-refractivity contribution in [1.29, 1.82) is 0 Å². The molecular weight excluding hydrogens is 251 g/mol. The SMILES string of the molecule is FC(F)(F)Sc1cnc2cnc(Cl)cn12. The monoisotopic (exact) mass is 253 g/mol. The highest BCUT2D eigenvalue weighted by molar-refractivity contribution is 8.00. The summed E-state index contributed by atoms with van der Waals surface area (Å²) in [7, 11) is 0. The molecule has 0 atom stereocenters. The zero-order valence-electron chi connectivity index (χ0n) is 6.99. The van der Waals surface area contributed by atoms with Gasteiger partial charge in [-0.1, -0.05) is 11.6 Å². The van der Waals surface area contributed by atoms with E-state index in [0.717, 1.165) is 6.20 Å². The maximum absolute atomic E-state index is 12.1. The number of nitrogens with zero attached hydrogens (tertiary/aromatic N) is 3. The van der Waals surface area contributed by atoms with Gasteiger partial charge < -0.3 is 0 Å². The summed E-state index contributed by atoms with van der Waals surface area (Å²) in [6, 6.07) is 0. The van der Waals surface area contributed by atoms with Crippen LogP contribution in [0.15, 0.2) is 23.6 Å². The summed E-state index contributed by atoms with van der Waals surface area (Å²) < 4.78 is 37.6. The van der Waals surface area contributed by atoms with E-state index in [-0.39, 0.29) is 21.9 Å². The number of fused-ring (bicyclic) bond motifs is 1. The molecule has 0 aliphatic heterocycles. The van der Waals surface area contributed by atoms with Crippen LogP contribution in [0.2, 0.25) is 5.15 Å². The highest BCUT2D eigenvalue weighted by atomic mass is 35.5. The number of hydrogen-bond acceptors (Lipinski definition) is 3. The van der Waals surface area contributed by atoms with Crippen LogP contribution >= 0.6 is 23.4 Å². The molecule has 0 N–H and O–H groups in total. The fourth-order valence-corrected chi connectivity index (χ4v) is 1.77. The molecule has 0 aliphatic carbocycles. The molecular formula is C7H3ClF3N3S. The van der Waals surface area contributed by atoms with Crippen molar-refractivity contribution in [3.63, 3.8) is 0 Å². The van der Waals surface area contributed by atoms with Crippen LogP contribution in [0.1, 0.15) is 0 Å². The van der Waals surface area contributed by atoms with Crippen LogP contribution in [0.4, 0.5) is 13.2 Å². The first-order valence-electron chi connectivity index (χ1n) is 3.70. The molecule has 0 amide bonds. The number of aromatic nitrogens is 3. The molecule has 3 nitrogen and oxygen atoms in total. The number of alkyl halides is 3. The van der Waals surface area contributed by atoms with E-state index in [4.69, 9.17) is 11.6 Å². The summed E-state index contributed by atoms with van der Waals surface area (Å²) in [5.74, 6) is 0. The summed E-state index contributed by atoms with van der Waals surface area (Å²) >= 11 is 5.33. The second-order valence-electron chi connectivity index (χ2n) is 2.58. The van der Waals surface area contributed by atoms with Gasteiger partial charge in [0.1, 0.15) is 10.2 Å². The summed E-state index contributed by atoms with van der Waals surface area (Å²) in [6.45, 7) is 0. The van der Waals surface area contributed by atoms with E-state index in [0.29, 0.717) is 5.65 Å². The topological polar surface area (TPSA) is 30.2 Å². The molecule has 2 heterocycles. The predicted molar refractivity (Wildman–Crippen MR) is 49.9 cm³/mol. The largest absolute Gasteiger partial charge is 0.447 e. The molecule has 80 valence electrons. The van der Waals surface area contributed by atoms with Crippen LogP contribution in [-0.2, 0) is 0 Å². The maximum atomic E-state index is 12.1. The summed E-state index contributed by atoms with van der Waals surface area (Å²) in [5.41, 5.74) is -4.02. The molecule has 15 heavy (non-hydrogen) atoms. The third kappa shape index (κ3) is 2.35. The standard InChI is InChI=1S/C7H3ClF3N3S/c8-4-3-14-5(1-12-4)13-2-6(14)15-7(9,10)11/h1-3H. The van der Waals surface area contributed by atoms with Crippen LogP contribution < -0.4 is 0 Å². The minimum Gasteiger partial charge on any atom is -0.290 e. The third-order valence-electron chi connectivity index (χ3n) is 1.55. The van der Waals surface area contributed by atoms with Crippen molar-refractivity contribution in [1.82, 2.24) is 14.4 Å². The molecule has 2 aromatic heterocycles. The quantitative estimate of drug-likeness (QED) is 0.732. The van der Waals surface area contributed by atoms with Crippen LogP contribution in [-0.4, -0.2) is 19.9 Å². The molecule has 0 aliphatic rings. The van der Waals surface area contributed by atoms with Crippen molar-refractivity contribution >= 4 is 29.0 Å². The number of thioether (sulfide) groups is 1. The lowest BCUT2D eigenvalue weighted by Crippen LogP contribution is -2.00. The molecule has 0 unspecified atom stereocenters. The molecule has 8 heteroatoms. The Kier molecular flexibility index (Phi) is 2.51. The number of imidazole rings is 1. The second kappa shape index (κ2) is 3.57. The fourth-order valence-electron chi connectivity index (χ4n) is 1.04. The van der Waals surface area contributed by atoms with E-state index >= 15 is 0 Å². The van der Waals surface area contributed by atoms with E-state index in [1.807, 2.05) is 0 Å². The van der Waals surface area contributed by atoms with Crippen molar-refractivity contribution in [3.8, 4) is 0 Å². The molecule has 0 radical (unpaired) electrons. The first-order chi connectivity index (χ1) is 6.96. The van der Waals surface area contributed by atoms with E-state index in [2.05, 4.69) is 9.97 Å². The molecule has 0 saturated carbocycles. The van der Waals surface area contributed by atoms with Gasteiger partial charge in [-0.05, 0) is 0 Å². The second-order valence-corrected chi connectivity index (χ2v) is 4.06. The van der Waals surface area contributed by atoms with E-state index in [1.54, 1.807) is 0 Å². The van der Waals surface area contributed by atoms with E-state index in [9.17, 15) is 13.2 Å². The van der Waals surface area contributed by atoms with Crippen LogP contribution in [0.3, 0.4) is 0 Å². The zero-order valence-corrected chi connectivity index (χ0v) is 8.57. The van der Waals surface area contributed by atoms with Gasteiger partial charge in [-0.25, -0.2) is 9.97 Å². The van der Waals surface area contributed by atoms with Crippen LogP contribution in [0.25, 0.3) is 5.65 Å². The first-order valence-corrected chi connectivity index (χ1v) is 4.89. The zero-order chi connectivity index (χ0) is 11.1. The number of hydrogen-bond donors (Lipinski definition) is 0. The molecule has 2 aromatic rings. The summed E-state index contributed by atoms with van der Waals surface area (Å²) in [4.78, 5) is 7.47.